The van der Waals surface area contributed by atoms with Gasteiger partial charge >= 0.3 is 0 Å². The average Bonchev–Trinajstić information content (AvgIpc) is 2.38. The predicted octanol–water partition coefficient (Wildman–Crippen LogP) is 4.39. The van der Waals surface area contributed by atoms with Crippen LogP contribution >= 0.6 is 23.2 Å². The molecule has 3 nitrogen and oxygen atoms in total. The molecule has 5 heteroatoms. The van der Waals surface area contributed by atoms with Crippen LogP contribution in [0.3, 0.4) is 0 Å². The van der Waals surface area contributed by atoms with Gasteiger partial charge in [-0.3, -0.25) is 4.79 Å². The lowest BCUT2D eigenvalue weighted by Crippen LogP contribution is -2.13. The monoisotopic (exact) mass is 308 g/mol. The van der Waals surface area contributed by atoms with E-state index in [1.54, 1.807) is 30.3 Å². The summed E-state index contributed by atoms with van der Waals surface area (Å²) in [6, 6.07) is 10.3. The fourth-order valence-corrected chi connectivity index (χ4v) is 2.47. The molecular weight excluding hydrogens is 295 g/mol. The quantitative estimate of drug-likeness (QED) is 0.826. The van der Waals surface area contributed by atoms with E-state index in [1.165, 1.54) is 0 Å². The number of carbonyl (C=O) groups excluding carboxylic acids is 1. The molecule has 0 fully saturated rings. The lowest BCUT2D eigenvalue weighted by Gasteiger charge is -2.10. The summed E-state index contributed by atoms with van der Waals surface area (Å²) in [7, 11) is 0. The molecule has 2 aromatic carbocycles. The molecule has 104 valence electrons. The third kappa shape index (κ3) is 3.06. The summed E-state index contributed by atoms with van der Waals surface area (Å²) in [6.45, 7) is 2.02. The van der Waals surface area contributed by atoms with Crippen molar-refractivity contribution >= 4 is 40.5 Å². The van der Waals surface area contributed by atoms with Gasteiger partial charge in [0.25, 0.3) is 5.91 Å². The van der Waals surface area contributed by atoms with E-state index in [-0.39, 0.29) is 11.5 Å². The van der Waals surface area contributed by atoms with Crippen LogP contribution in [-0.2, 0) is 6.42 Å². The standard InChI is InChI=1S/C15H14Cl2N2O/c1-2-9-6-7-10(8-13(9)18)19-15(20)14-11(16)4-3-5-12(14)17/h3-8H,2,18H2,1H3,(H,19,20). The van der Waals surface area contributed by atoms with Crippen molar-refractivity contribution < 1.29 is 4.79 Å². The van der Waals surface area contributed by atoms with E-state index in [4.69, 9.17) is 28.9 Å². The van der Waals surface area contributed by atoms with E-state index in [2.05, 4.69) is 5.32 Å². The molecule has 2 aromatic rings. The van der Waals surface area contributed by atoms with Gasteiger partial charge in [-0.15, -0.1) is 0 Å². The lowest BCUT2D eigenvalue weighted by molar-refractivity contribution is 0.102. The molecule has 0 aliphatic carbocycles. The Morgan fingerprint density at radius 2 is 1.85 bits per heavy atom. The van der Waals surface area contributed by atoms with Gasteiger partial charge in [-0.25, -0.2) is 0 Å². The maximum absolute atomic E-state index is 12.2. The minimum atomic E-state index is -0.357. The van der Waals surface area contributed by atoms with Gasteiger partial charge in [0.05, 0.1) is 15.6 Å². The molecular formula is C15H14Cl2N2O. The Morgan fingerprint density at radius 1 is 1.20 bits per heavy atom. The Bertz CT molecular complexity index is 636. The Morgan fingerprint density at radius 3 is 2.40 bits per heavy atom. The van der Waals surface area contributed by atoms with Crippen LogP contribution in [0.1, 0.15) is 22.8 Å². The van der Waals surface area contributed by atoms with Crippen LogP contribution in [0, 0.1) is 0 Å². The highest BCUT2D eigenvalue weighted by Crippen LogP contribution is 2.26. The van der Waals surface area contributed by atoms with E-state index in [9.17, 15) is 4.79 Å². The third-order valence-electron chi connectivity index (χ3n) is 2.97. The number of nitrogen functional groups attached to an aromatic ring is 1. The number of rotatable bonds is 3. The SMILES string of the molecule is CCc1ccc(NC(=O)c2c(Cl)cccc2Cl)cc1N. The van der Waals surface area contributed by atoms with Crippen molar-refractivity contribution in [2.45, 2.75) is 13.3 Å². The van der Waals surface area contributed by atoms with Crippen molar-refractivity contribution in [3.05, 3.63) is 57.6 Å². The van der Waals surface area contributed by atoms with Gasteiger partial charge in [0.2, 0.25) is 0 Å². The van der Waals surface area contributed by atoms with Crippen molar-refractivity contribution in [2.75, 3.05) is 11.1 Å². The zero-order valence-electron chi connectivity index (χ0n) is 10.9. The highest BCUT2D eigenvalue weighted by molar-refractivity contribution is 6.40. The zero-order valence-corrected chi connectivity index (χ0v) is 12.4. The first-order valence-electron chi connectivity index (χ1n) is 6.16. The number of aryl methyl sites for hydroxylation is 1. The van der Waals surface area contributed by atoms with Crippen LogP contribution in [0.15, 0.2) is 36.4 Å². The Hall–Kier alpha value is -1.71. The lowest BCUT2D eigenvalue weighted by atomic mass is 10.1. The fourth-order valence-electron chi connectivity index (χ4n) is 1.90. The van der Waals surface area contributed by atoms with E-state index >= 15 is 0 Å². The first kappa shape index (κ1) is 14.7. The van der Waals surface area contributed by atoms with Crippen LogP contribution < -0.4 is 11.1 Å². The van der Waals surface area contributed by atoms with Gasteiger partial charge < -0.3 is 11.1 Å². The van der Waals surface area contributed by atoms with Gasteiger partial charge in [-0.05, 0) is 36.2 Å². The molecule has 0 saturated heterocycles. The molecule has 0 aliphatic rings. The van der Waals surface area contributed by atoms with Crippen LogP contribution in [0.5, 0.6) is 0 Å². The zero-order chi connectivity index (χ0) is 14.7. The molecule has 0 aliphatic heterocycles. The number of anilines is 2. The van der Waals surface area contributed by atoms with Crippen LogP contribution in [0.4, 0.5) is 11.4 Å². The molecule has 0 spiro atoms. The van der Waals surface area contributed by atoms with Crippen LogP contribution in [-0.4, -0.2) is 5.91 Å². The molecule has 0 atom stereocenters. The molecule has 0 radical (unpaired) electrons. The first-order valence-corrected chi connectivity index (χ1v) is 6.92. The number of hydrogen-bond donors (Lipinski definition) is 2. The second kappa shape index (κ2) is 6.16. The Labute approximate surface area is 127 Å². The minimum absolute atomic E-state index is 0.258. The van der Waals surface area contributed by atoms with Crippen molar-refractivity contribution in [3.63, 3.8) is 0 Å². The maximum Gasteiger partial charge on any atom is 0.258 e. The Balaban J connectivity index is 2.26. The van der Waals surface area contributed by atoms with E-state index in [0.29, 0.717) is 21.4 Å². The molecule has 2 rings (SSSR count). The predicted molar refractivity (Wildman–Crippen MR) is 84.6 cm³/mol. The molecule has 0 saturated carbocycles. The van der Waals surface area contributed by atoms with Gasteiger partial charge in [0, 0.05) is 11.4 Å². The second-order valence-electron chi connectivity index (χ2n) is 4.32. The minimum Gasteiger partial charge on any atom is -0.398 e. The maximum atomic E-state index is 12.2. The van der Waals surface area contributed by atoms with E-state index < -0.39 is 0 Å². The molecule has 0 unspecified atom stereocenters. The smallest absolute Gasteiger partial charge is 0.258 e. The van der Waals surface area contributed by atoms with Crippen molar-refractivity contribution in [1.82, 2.24) is 0 Å². The number of halogens is 2. The van der Waals surface area contributed by atoms with Gasteiger partial charge in [0.1, 0.15) is 0 Å². The summed E-state index contributed by atoms with van der Waals surface area (Å²) < 4.78 is 0. The number of benzene rings is 2. The van der Waals surface area contributed by atoms with Crippen LogP contribution in [0.2, 0.25) is 10.0 Å². The second-order valence-corrected chi connectivity index (χ2v) is 5.13. The first-order chi connectivity index (χ1) is 9.52. The highest BCUT2D eigenvalue weighted by atomic mass is 35.5. The number of nitrogens with one attached hydrogen (secondary N) is 1. The molecule has 20 heavy (non-hydrogen) atoms. The fraction of sp³-hybridized carbons (Fsp3) is 0.133. The number of hydrogen-bond acceptors (Lipinski definition) is 2. The summed E-state index contributed by atoms with van der Waals surface area (Å²) in [4.78, 5) is 12.2. The van der Waals surface area contributed by atoms with Gasteiger partial charge in [0.15, 0.2) is 0 Å². The van der Waals surface area contributed by atoms with E-state index in [1.807, 2.05) is 13.0 Å². The summed E-state index contributed by atoms with van der Waals surface area (Å²) in [5.41, 5.74) is 8.46. The van der Waals surface area contributed by atoms with Crippen molar-refractivity contribution in [2.24, 2.45) is 0 Å². The molecule has 0 bridgehead atoms. The largest absolute Gasteiger partial charge is 0.398 e. The molecule has 0 heterocycles. The summed E-state index contributed by atoms with van der Waals surface area (Å²) in [6.07, 6.45) is 0.844. The van der Waals surface area contributed by atoms with Crippen molar-refractivity contribution in [1.29, 1.82) is 0 Å². The van der Waals surface area contributed by atoms with Gasteiger partial charge in [-0.1, -0.05) is 42.3 Å². The highest BCUT2D eigenvalue weighted by Gasteiger charge is 2.14. The van der Waals surface area contributed by atoms with Crippen molar-refractivity contribution in [3.8, 4) is 0 Å². The molecule has 3 N–H and O–H groups in total. The van der Waals surface area contributed by atoms with Gasteiger partial charge in [-0.2, -0.15) is 0 Å². The summed E-state index contributed by atoms with van der Waals surface area (Å²) in [5.74, 6) is -0.357. The normalized spacial score (nSPS) is 10.3. The third-order valence-corrected chi connectivity index (χ3v) is 3.60. The average molecular weight is 309 g/mol. The summed E-state index contributed by atoms with van der Waals surface area (Å²) in [5, 5.41) is 3.37. The number of nitrogens with two attached hydrogens (primary N) is 1. The topological polar surface area (TPSA) is 55.1 Å². The van der Waals surface area contributed by atoms with Crippen LogP contribution in [0.25, 0.3) is 0 Å². The Kier molecular flexibility index (Phi) is 4.53. The molecule has 1 amide bonds. The molecule has 0 aromatic heterocycles. The number of carbonyl (C=O) groups is 1. The van der Waals surface area contributed by atoms with E-state index in [0.717, 1.165) is 12.0 Å². The summed E-state index contributed by atoms with van der Waals surface area (Å²) >= 11 is 12.0. The number of amides is 1.